The summed E-state index contributed by atoms with van der Waals surface area (Å²) in [7, 11) is 0. The van der Waals surface area contributed by atoms with Crippen molar-refractivity contribution in [1.29, 1.82) is 0 Å². The van der Waals surface area contributed by atoms with Gasteiger partial charge in [0.15, 0.2) is 5.03 Å². The fourth-order valence-electron chi connectivity index (χ4n) is 1.82. The molecule has 2 rings (SSSR count). The Morgan fingerprint density at radius 2 is 2.05 bits per heavy atom. The maximum Gasteiger partial charge on any atom is 0.324 e. The number of aromatic hydroxyl groups is 1. The van der Waals surface area contributed by atoms with Crippen LogP contribution in [0.5, 0.6) is 5.75 Å². The van der Waals surface area contributed by atoms with Crippen molar-refractivity contribution < 1.29 is 10.0 Å². The molecule has 1 N–H and O–H groups in total. The van der Waals surface area contributed by atoms with E-state index in [1.165, 1.54) is 0 Å². The van der Waals surface area contributed by atoms with Gasteiger partial charge in [-0.25, -0.2) is 4.68 Å². The molecule has 7 heteroatoms. The molecule has 1 aromatic heterocycles. The number of nitrogens with zero attached hydrogens (tertiary/aromatic N) is 3. The molecule has 106 valence electrons. The SMILES string of the molecule is Cc1nn(C(C)C)c(Sc2ccccc2O)c1[N+](=O)[O-]. The summed E-state index contributed by atoms with van der Waals surface area (Å²) in [6.45, 7) is 5.43. The first kappa shape index (κ1) is 14.4. The molecule has 0 fully saturated rings. The monoisotopic (exact) mass is 293 g/mol. The summed E-state index contributed by atoms with van der Waals surface area (Å²) in [6.07, 6.45) is 0. The largest absolute Gasteiger partial charge is 0.507 e. The van der Waals surface area contributed by atoms with Gasteiger partial charge in [-0.1, -0.05) is 23.9 Å². The molecule has 0 bridgehead atoms. The van der Waals surface area contributed by atoms with E-state index < -0.39 is 4.92 Å². The Hall–Kier alpha value is -2.02. The Morgan fingerprint density at radius 1 is 1.40 bits per heavy atom. The Bertz CT molecular complexity index is 652. The van der Waals surface area contributed by atoms with Crippen LogP contribution in [0.2, 0.25) is 0 Å². The molecule has 0 spiro atoms. The second-order valence-electron chi connectivity index (χ2n) is 4.60. The Balaban J connectivity index is 2.54. The predicted octanol–water partition coefficient (Wildman–Crippen LogP) is 3.54. The summed E-state index contributed by atoms with van der Waals surface area (Å²) >= 11 is 1.15. The minimum Gasteiger partial charge on any atom is -0.507 e. The maximum absolute atomic E-state index is 11.2. The zero-order valence-electron chi connectivity index (χ0n) is 11.4. The fraction of sp³-hybridized carbons (Fsp3) is 0.308. The quantitative estimate of drug-likeness (QED) is 0.688. The van der Waals surface area contributed by atoms with Crippen molar-refractivity contribution >= 4 is 17.4 Å². The lowest BCUT2D eigenvalue weighted by molar-refractivity contribution is -0.388. The average Bonchev–Trinajstić information content (AvgIpc) is 2.69. The molecule has 20 heavy (non-hydrogen) atoms. The van der Waals surface area contributed by atoms with E-state index in [-0.39, 0.29) is 17.5 Å². The molecule has 0 aliphatic rings. The van der Waals surface area contributed by atoms with Crippen molar-refractivity contribution in [1.82, 2.24) is 9.78 Å². The first-order chi connectivity index (χ1) is 9.41. The number of aryl methyl sites for hydroxylation is 1. The smallest absolute Gasteiger partial charge is 0.324 e. The van der Waals surface area contributed by atoms with Gasteiger partial charge in [-0.05, 0) is 32.9 Å². The summed E-state index contributed by atoms with van der Waals surface area (Å²) in [6, 6.07) is 6.75. The van der Waals surface area contributed by atoms with Crippen LogP contribution in [0.15, 0.2) is 34.2 Å². The number of phenolic OH excluding ortho intramolecular Hbond substituents is 1. The van der Waals surface area contributed by atoms with Crippen molar-refractivity contribution in [2.24, 2.45) is 0 Å². The van der Waals surface area contributed by atoms with Crippen LogP contribution in [-0.2, 0) is 0 Å². The molecule has 0 aliphatic heterocycles. The molecule has 0 aliphatic carbocycles. The van der Waals surface area contributed by atoms with E-state index in [1.807, 2.05) is 13.8 Å². The molecule has 0 unspecified atom stereocenters. The summed E-state index contributed by atoms with van der Waals surface area (Å²) in [5, 5.41) is 25.7. The summed E-state index contributed by atoms with van der Waals surface area (Å²) in [5.41, 5.74) is 0.369. The number of hydrogen-bond donors (Lipinski definition) is 1. The van der Waals surface area contributed by atoms with Crippen LogP contribution in [-0.4, -0.2) is 19.8 Å². The molecule has 0 radical (unpaired) electrons. The molecule has 2 aromatic rings. The number of aromatic nitrogens is 2. The van der Waals surface area contributed by atoms with E-state index in [4.69, 9.17) is 0 Å². The van der Waals surface area contributed by atoms with Crippen LogP contribution in [0, 0.1) is 17.0 Å². The van der Waals surface area contributed by atoms with Gasteiger partial charge in [0.1, 0.15) is 11.4 Å². The number of para-hydroxylation sites is 1. The van der Waals surface area contributed by atoms with Gasteiger partial charge in [-0.15, -0.1) is 0 Å². The molecule has 6 nitrogen and oxygen atoms in total. The van der Waals surface area contributed by atoms with Crippen molar-refractivity contribution in [3.05, 3.63) is 40.1 Å². The lowest BCUT2D eigenvalue weighted by Crippen LogP contribution is -2.04. The van der Waals surface area contributed by atoms with Gasteiger partial charge in [-0.3, -0.25) is 10.1 Å². The molecule has 1 aromatic carbocycles. The maximum atomic E-state index is 11.2. The molecule has 1 heterocycles. The molecule has 0 saturated carbocycles. The van der Waals surface area contributed by atoms with Crippen molar-refractivity contribution in [2.75, 3.05) is 0 Å². The minimum atomic E-state index is -0.427. The highest BCUT2D eigenvalue weighted by molar-refractivity contribution is 7.99. The molecule has 0 saturated heterocycles. The number of benzene rings is 1. The third-order valence-electron chi connectivity index (χ3n) is 2.75. The van der Waals surface area contributed by atoms with Gasteiger partial charge in [-0.2, -0.15) is 5.10 Å². The number of phenols is 1. The average molecular weight is 293 g/mol. The van der Waals surface area contributed by atoms with Gasteiger partial charge in [0.05, 0.1) is 9.82 Å². The van der Waals surface area contributed by atoms with E-state index in [1.54, 1.807) is 35.9 Å². The van der Waals surface area contributed by atoms with E-state index in [2.05, 4.69) is 5.10 Å². The van der Waals surface area contributed by atoms with Crippen LogP contribution in [0.1, 0.15) is 25.6 Å². The van der Waals surface area contributed by atoms with Gasteiger partial charge in [0.2, 0.25) is 0 Å². The standard InChI is InChI=1S/C13H15N3O3S/c1-8(2)15-13(12(16(18)19)9(3)14-15)20-11-7-5-4-6-10(11)17/h4-8,17H,1-3H3. The van der Waals surface area contributed by atoms with E-state index in [9.17, 15) is 15.2 Å². The highest BCUT2D eigenvalue weighted by atomic mass is 32.2. The van der Waals surface area contributed by atoms with Crippen LogP contribution in [0.25, 0.3) is 0 Å². The van der Waals surface area contributed by atoms with Crippen LogP contribution < -0.4 is 0 Å². The van der Waals surface area contributed by atoms with Crippen LogP contribution in [0.4, 0.5) is 5.69 Å². The van der Waals surface area contributed by atoms with Gasteiger partial charge < -0.3 is 5.11 Å². The van der Waals surface area contributed by atoms with Gasteiger partial charge in [0.25, 0.3) is 0 Å². The van der Waals surface area contributed by atoms with Crippen LogP contribution >= 0.6 is 11.8 Å². The minimum absolute atomic E-state index is 0.00393. The third-order valence-corrected chi connectivity index (χ3v) is 3.89. The zero-order chi connectivity index (χ0) is 14.9. The highest BCUT2D eigenvalue weighted by Gasteiger charge is 2.27. The molecule has 0 atom stereocenters. The lowest BCUT2D eigenvalue weighted by atomic mass is 10.3. The summed E-state index contributed by atoms with van der Waals surface area (Å²) in [4.78, 5) is 11.4. The van der Waals surface area contributed by atoms with E-state index in [0.29, 0.717) is 15.6 Å². The Kier molecular flexibility index (Phi) is 3.99. The molecular formula is C13H15N3O3S. The van der Waals surface area contributed by atoms with Gasteiger partial charge in [0, 0.05) is 6.04 Å². The normalized spacial score (nSPS) is 11.0. The van der Waals surface area contributed by atoms with Gasteiger partial charge >= 0.3 is 5.69 Å². The van der Waals surface area contributed by atoms with Crippen molar-refractivity contribution in [3.8, 4) is 5.75 Å². The summed E-state index contributed by atoms with van der Waals surface area (Å²) < 4.78 is 1.62. The topological polar surface area (TPSA) is 81.2 Å². The van der Waals surface area contributed by atoms with E-state index in [0.717, 1.165) is 11.8 Å². The number of nitro groups is 1. The first-order valence-corrected chi connectivity index (χ1v) is 6.92. The van der Waals surface area contributed by atoms with Crippen LogP contribution in [0.3, 0.4) is 0 Å². The van der Waals surface area contributed by atoms with E-state index >= 15 is 0 Å². The second-order valence-corrected chi connectivity index (χ2v) is 5.64. The van der Waals surface area contributed by atoms with Crippen molar-refractivity contribution in [3.63, 3.8) is 0 Å². The van der Waals surface area contributed by atoms with Crippen molar-refractivity contribution in [2.45, 2.75) is 36.7 Å². The highest BCUT2D eigenvalue weighted by Crippen LogP contribution is 2.41. The Labute approximate surface area is 120 Å². The first-order valence-electron chi connectivity index (χ1n) is 6.11. The number of rotatable bonds is 4. The zero-order valence-corrected chi connectivity index (χ0v) is 12.2. The lowest BCUT2D eigenvalue weighted by Gasteiger charge is -2.10. The summed E-state index contributed by atoms with van der Waals surface area (Å²) in [5.74, 6) is 0.0981. The molecular weight excluding hydrogens is 278 g/mol. The number of hydrogen-bond acceptors (Lipinski definition) is 5. The predicted molar refractivity (Wildman–Crippen MR) is 76.2 cm³/mol. The third kappa shape index (κ3) is 2.62. The Morgan fingerprint density at radius 3 is 2.60 bits per heavy atom. The fourth-order valence-corrected chi connectivity index (χ4v) is 3.01. The molecule has 0 amide bonds. The second kappa shape index (κ2) is 5.54.